The monoisotopic (exact) mass is 420 g/mol. The number of rotatable bonds is 7. The fourth-order valence-electron chi connectivity index (χ4n) is 3.10. The van der Waals surface area contributed by atoms with Crippen molar-refractivity contribution in [2.45, 2.75) is 39.4 Å². The second-order valence-electron chi connectivity index (χ2n) is 7.46. The summed E-state index contributed by atoms with van der Waals surface area (Å²) >= 11 is 0. The Balaban J connectivity index is 1.76. The summed E-state index contributed by atoms with van der Waals surface area (Å²) in [6.45, 7) is 6.88. The van der Waals surface area contributed by atoms with Crippen molar-refractivity contribution in [2.24, 2.45) is 5.92 Å². The summed E-state index contributed by atoms with van der Waals surface area (Å²) in [5.41, 5.74) is 0.117. The third kappa shape index (κ3) is 4.87. The highest BCUT2D eigenvalue weighted by atomic mass is 19.4. The number of hydrogen-bond donors (Lipinski definition) is 1. The van der Waals surface area contributed by atoms with E-state index in [4.69, 9.17) is 0 Å². The van der Waals surface area contributed by atoms with Crippen molar-refractivity contribution in [3.63, 3.8) is 0 Å². The van der Waals surface area contributed by atoms with Crippen molar-refractivity contribution in [3.8, 4) is 5.82 Å². The molecule has 160 valence electrons. The Hall–Kier alpha value is -3.17. The second kappa shape index (κ2) is 8.68. The van der Waals surface area contributed by atoms with Gasteiger partial charge in [0, 0.05) is 31.7 Å². The molecule has 3 aromatic rings. The van der Waals surface area contributed by atoms with Gasteiger partial charge in [0.25, 0.3) is 5.91 Å². The minimum absolute atomic E-state index is 0.0983. The number of hydrogen-bond acceptors (Lipinski definition) is 4. The number of amides is 1. The Morgan fingerprint density at radius 2 is 1.93 bits per heavy atom. The van der Waals surface area contributed by atoms with E-state index in [1.54, 1.807) is 10.9 Å². The standard InChI is InChI=1S/C20H23F3N6O/c1-13(2)18-16(19(30)25-9-14(3)12-28-8-4-7-26-28)11-27-29(18)17-6-5-15(10-24-17)20(21,22)23/h4-8,10-11,13-14H,9,12H2,1-3H3,(H,25,30). The molecule has 1 N–H and O–H groups in total. The number of nitrogens with one attached hydrogen (secondary N) is 1. The van der Waals surface area contributed by atoms with Crippen LogP contribution in [0.3, 0.4) is 0 Å². The van der Waals surface area contributed by atoms with Crippen LogP contribution in [0.5, 0.6) is 0 Å². The van der Waals surface area contributed by atoms with Gasteiger partial charge in [-0.2, -0.15) is 23.4 Å². The molecule has 3 aromatic heterocycles. The molecule has 0 aliphatic carbocycles. The smallest absolute Gasteiger partial charge is 0.352 e. The van der Waals surface area contributed by atoms with Crippen molar-refractivity contribution >= 4 is 5.91 Å². The summed E-state index contributed by atoms with van der Waals surface area (Å²) < 4.78 is 41.6. The van der Waals surface area contributed by atoms with Crippen molar-refractivity contribution in [1.29, 1.82) is 0 Å². The maximum absolute atomic E-state index is 12.8. The van der Waals surface area contributed by atoms with Gasteiger partial charge in [-0.15, -0.1) is 0 Å². The van der Waals surface area contributed by atoms with E-state index in [-0.39, 0.29) is 23.6 Å². The fourth-order valence-corrected chi connectivity index (χ4v) is 3.10. The summed E-state index contributed by atoms with van der Waals surface area (Å²) in [6.07, 6.45) is 1.27. The van der Waals surface area contributed by atoms with Crippen LogP contribution < -0.4 is 5.32 Å². The molecule has 0 radical (unpaired) electrons. The highest BCUT2D eigenvalue weighted by molar-refractivity contribution is 5.95. The lowest BCUT2D eigenvalue weighted by Crippen LogP contribution is -2.30. The Kier molecular flexibility index (Phi) is 6.23. The lowest BCUT2D eigenvalue weighted by atomic mass is 10.0. The molecule has 3 heterocycles. The minimum atomic E-state index is -4.46. The first-order valence-corrected chi connectivity index (χ1v) is 9.54. The normalized spacial score (nSPS) is 12.9. The molecule has 7 nitrogen and oxygen atoms in total. The molecule has 0 aliphatic rings. The van der Waals surface area contributed by atoms with E-state index in [0.29, 0.717) is 24.3 Å². The SMILES string of the molecule is CC(CNC(=O)c1cnn(-c2ccc(C(F)(F)F)cn2)c1C(C)C)Cn1cccn1. The lowest BCUT2D eigenvalue weighted by molar-refractivity contribution is -0.137. The van der Waals surface area contributed by atoms with Gasteiger partial charge in [-0.05, 0) is 30.0 Å². The van der Waals surface area contributed by atoms with Crippen molar-refractivity contribution in [1.82, 2.24) is 29.9 Å². The Bertz CT molecular complexity index is 977. The third-order valence-electron chi connectivity index (χ3n) is 4.56. The Morgan fingerprint density at radius 1 is 1.17 bits per heavy atom. The van der Waals surface area contributed by atoms with Crippen molar-refractivity contribution in [2.75, 3.05) is 6.54 Å². The van der Waals surface area contributed by atoms with Crippen molar-refractivity contribution < 1.29 is 18.0 Å². The van der Waals surface area contributed by atoms with Gasteiger partial charge >= 0.3 is 6.18 Å². The quantitative estimate of drug-likeness (QED) is 0.633. The van der Waals surface area contributed by atoms with Gasteiger partial charge in [0.1, 0.15) is 0 Å². The number of carbonyl (C=O) groups excluding carboxylic acids is 1. The summed E-state index contributed by atoms with van der Waals surface area (Å²) in [5, 5.41) is 11.3. The first kappa shape index (κ1) is 21.5. The molecule has 1 atom stereocenters. The van der Waals surface area contributed by atoms with Gasteiger partial charge < -0.3 is 5.32 Å². The van der Waals surface area contributed by atoms with Crippen LogP contribution in [0.15, 0.2) is 43.0 Å². The number of aromatic nitrogens is 5. The highest BCUT2D eigenvalue weighted by Gasteiger charge is 2.31. The van der Waals surface area contributed by atoms with Gasteiger partial charge in [-0.25, -0.2) is 9.67 Å². The zero-order valence-corrected chi connectivity index (χ0v) is 16.9. The summed E-state index contributed by atoms with van der Waals surface area (Å²) in [7, 11) is 0. The molecule has 0 fully saturated rings. The van der Waals surface area contributed by atoms with Crippen LogP contribution in [0.2, 0.25) is 0 Å². The molecule has 0 aromatic carbocycles. The van der Waals surface area contributed by atoms with Gasteiger partial charge in [0.15, 0.2) is 5.82 Å². The predicted octanol–water partition coefficient (Wildman–Crippen LogP) is 3.67. The molecule has 1 amide bonds. The van der Waals surface area contributed by atoms with E-state index in [2.05, 4.69) is 20.5 Å². The molecule has 0 spiro atoms. The summed E-state index contributed by atoms with van der Waals surface area (Å²) in [4.78, 5) is 16.6. The van der Waals surface area contributed by atoms with E-state index in [1.807, 2.05) is 33.0 Å². The summed E-state index contributed by atoms with van der Waals surface area (Å²) in [6, 6.07) is 4.03. The molecule has 0 saturated heterocycles. The van der Waals surface area contributed by atoms with Crippen LogP contribution >= 0.6 is 0 Å². The second-order valence-corrected chi connectivity index (χ2v) is 7.46. The largest absolute Gasteiger partial charge is 0.417 e. The molecule has 1 unspecified atom stereocenters. The Morgan fingerprint density at radius 3 is 2.50 bits per heavy atom. The van der Waals surface area contributed by atoms with E-state index in [1.165, 1.54) is 16.9 Å². The average Bonchev–Trinajstić information content (AvgIpc) is 3.35. The maximum Gasteiger partial charge on any atom is 0.417 e. The zero-order valence-electron chi connectivity index (χ0n) is 16.9. The third-order valence-corrected chi connectivity index (χ3v) is 4.56. The molecule has 30 heavy (non-hydrogen) atoms. The van der Waals surface area contributed by atoms with Crippen LogP contribution in [-0.2, 0) is 12.7 Å². The predicted molar refractivity (Wildman–Crippen MR) is 104 cm³/mol. The van der Waals surface area contributed by atoms with Gasteiger partial charge in [0.05, 0.1) is 23.0 Å². The van der Waals surface area contributed by atoms with Gasteiger partial charge in [-0.1, -0.05) is 20.8 Å². The van der Waals surface area contributed by atoms with Gasteiger partial charge in [0.2, 0.25) is 0 Å². The molecule has 3 rings (SSSR count). The first-order chi connectivity index (χ1) is 14.2. The molecular weight excluding hydrogens is 397 g/mol. The molecule has 0 aliphatic heterocycles. The van der Waals surface area contributed by atoms with E-state index in [9.17, 15) is 18.0 Å². The highest BCUT2D eigenvalue weighted by Crippen LogP contribution is 2.29. The zero-order chi connectivity index (χ0) is 21.9. The lowest BCUT2D eigenvalue weighted by Gasteiger charge is -2.15. The summed E-state index contributed by atoms with van der Waals surface area (Å²) in [5.74, 6) is -0.0104. The molecule has 10 heteroatoms. The number of alkyl halides is 3. The number of halogens is 3. The van der Waals surface area contributed by atoms with Crippen LogP contribution in [-0.4, -0.2) is 37.0 Å². The Labute approximate surface area is 171 Å². The minimum Gasteiger partial charge on any atom is -0.352 e. The topological polar surface area (TPSA) is 77.6 Å². The van der Waals surface area contributed by atoms with E-state index >= 15 is 0 Å². The van der Waals surface area contributed by atoms with Crippen LogP contribution in [0.1, 0.15) is 48.3 Å². The average molecular weight is 420 g/mol. The van der Waals surface area contributed by atoms with E-state index < -0.39 is 11.7 Å². The first-order valence-electron chi connectivity index (χ1n) is 9.54. The fraction of sp³-hybridized carbons (Fsp3) is 0.400. The number of carbonyl (C=O) groups is 1. The number of pyridine rings is 1. The van der Waals surface area contributed by atoms with Crippen LogP contribution in [0, 0.1) is 5.92 Å². The molecular formula is C20H23F3N6O. The van der Waals surface area contributed by atoms with Gasteiger partial charge in [-0.3, -0.25) is 9.48 Å². The van der Waals surface area contributed by atoms with Crippen molar-refractivity contribution in [3.05, 3.63) is 59.8 Å². The number of nitrogens with zero attached hydrogens (tertiary/aromatic N) is 5. The molecule has 0 saturated carbocycles. The van der Waals surface area contributed by atoms with Crippen LogP contribution in [0.4, 0.5) is 13.2 Å². The maximum atomic E-state index is 12.8. The van der Waals surface area contributed by atoms with E-state index in [0.717, 1.165) is 12.3 Å². The van der Waals surface area contributed by atoms with Crippen LogP contribution in [0.25, 0.3) is 5.82 Å². The molecule has 0 bridgehead atoms.